The summed E-state index contributed by atoms with van der Waals surface area (Å²) in [5.41, 5.74) is 1.40. The highest BCUT2D eigenvalue weighted by molar-refractivity contribution is 7.81. The van der Waals surface area contributed by atoms with Gasteiger partial charge in [-0.2, -0.15) is 0 Å². The summed E-state index contributed by atoms with van der Waals surface area (Å²) in [5.74, 6) is 1.29. The number of aliphatic hydroxyl groups is 1. The molecular weight excluding hydrogens is 316 g/mol. The molecule has 1 N–H and O–H groups in total. The third kappa shape index (κ3) is 1.77. The second-order valence-corrected chi connectivity index (χ2v) is 6.74. The smallest absolute Gasteiger partial charge is 0.167 e. The Morgan fingerprint density at radius 2 is 1.12 bits per heavy atom. The highest BCUT2D eigenvalue weighted by atomic mass is 32.1. The first-order valence-electron chi connectivity index (χ1n) is 7.83. The molecule has 2 nitrogen and oxygen atoms in total. The van der Waals surface area contributed by atoms with E-state index < -0.39 is 4.93 Å². The van der Waals surface area contributed by atoms with Crippen molar-refractivity contribution < 1.29 is 9.84 Å². The summed E-state index contributed by atoms with van der Waals surface area (Å²) in [6, 6.07) is 23.7. The molecule has 0 aromatic heterocycles. The SMILES string of the molecule is OC1(S)c2c(ccc3ccccc23)Oc2ccc3ccccc3c21. The minimum atomic E-state index is -1.43. The molecule has 0 saturated heterocycles. The van der Waals surface area contributed by atoms with Crippen LogP contribution in [0.4, 0.5) is 0 Å². The van der Waals surface area contributed by atoms with Gasteiger partial charge in [0.05, 0.1) is 0 Å². The van der Waals surface area contributed by atoms with Crippen molar-refractivity contribution in [2.75, 3.05) is 0 Å². The third-order valence-corrected chi connectivity index (χ3v) is 5.15. The molecule has 4 aromatic carbocycles. The monoisotopic (exact) mass is 330 g/mol. The Hall–Kier alpha value is -2.49. The largest absolute Gasteiger partial charge is 0.456 e. The molecule has 0 radical (unpaired) electrons. The van der Waals surface area contributed by atoms with Crippen LogP contribution in [0.15, 0.2) is 72.8 Å². The van der Waals surface area contributed by atoms with Gasteiger partial charge in [-0.1, -0.05) is 60.7 Å². The van der Waals surface area contributed by atoms with E-state index in [9.17, 15) is 5.11 Å². The summed E-state index contributed by atoms with van der Waals surface area (Å²) >= 11 is 4.70. The summed E-state index contributed by atoms with van der Waals surface area (Å²) in [6.45, 7) is 0. The highest BCUT2D eigenvalue weighted by Gasteiger charge is 2.40. The van der Waals surface area contributed by atoms with Gasteiger partial charge >= 0.3 is 0 Å². The molecule has 0 spiro atoms. The van der Waals surface area contributed by atoms with Crippen molar-refractivity contribution in [2.24, 2.45) is 0 Å². The van der Waals surface area contributed by atoms with Crippen LogP contribution in [-0.4, -0.2) is 5.11 Å². The van der Waals surface area contributed by atoms with Crippen molar-refractivity contribution in [2.45, 2.75) is 4.93 Å². The minimum absolute atomic E-state index is 0.647. The Bertz CT molecular complexity index is 1030. The lowest BCUT2D eigenvalue weighted by Gasteiger charge is -2.34. The van der Waals surface area contributed by atoms with Gasteiger partial charge in [0, 0.05) is 11.1 Å². The van der Waals surface area contributed by atoms with Gasteiger partial charge < -0.3 is 9.84 Å². The van der Waals surface area contributed by atoms with Crippen LogP contribution in [0.2, 0.25) is 0 Å². The van der Waals surface area contributed by atoms with E-state index >= 15 is 0 Å². The number of ether oxygens (including phenoxy) is 1. The Balaban J connectivity index is 1.92. The van der Waals surface area contributed by atoms with Gasteiger partial charge in [0.15, 0.2) is 4.93 Å². The molecule has 5 rings (SSSR count). The van der Waals surface area contributed by atoms with E-state index in [4.69, 9.17) is 17.4 Å². The predicted molar refractivity (Wildman–Crippen MR) is 100.0 cm³/mol. The maximum absolute atomic E-state index is 11.5. The first kappa shape index (κ1) is 13.9. The van der Waals surface area contributed by atoms with Crippen LogP contribution in [0.25, 0.3) is 21.5 Å². The topological polar surface area (TPSA) is 29.5 Å². The molecule has 116 valence electrons. The summed E-state index contributed by atoms with van der Waals surface area (Å²) in [4.78, 5) is -1.43. The number of hydrogen-bond acceptors (Lipinski definition) is 3. The van der Waals surface area contributed by atoms with Crippen LogP contribution in [-0.2, 0) is 4.93 Å². The van der Waals surface area contributed by atoms with Gasteiger partial charge in [-0.05, 0) is 33.7 Å². The van der Waals surface area contributed by atoms with Crippen LogP contribution in [0.5, 0.6) is 11.5 Å². The number of rotatable bonds is 0. The first-order valence-corrected chi connectivity index (χ1v) is 8.28. The summed E-state index contributed by atoms with van der Waals surface area (Å²) < 4.78 is 6.12. The zero-order valence-corrected chi connectivity index (χ0v) is 13.6. The number of hydrogen-bond donors (Lipinski definition) is 2. The van der Waals surface area contributed by atoms with E-state index in [0.717, 1.165) is 21.5 Å². The molecule has 0 saturated carbocycles. The van der Waals surface area contributed by atoms with E-state index in [1.807, 2.05) is 72.8 Å². The van der Waals surface area contributed by atoms with Gasteiger partial charge in [-0.25, -0.2) is 0 Å². The molecule has 1 aliphatic heterocycles. The highest BCUT2D eigenvalue weighted by Crippen LogP contribution is 2.53. The number of thiol groups is 1. The van der Waals surface area contributed by atoms with Crippen LogP contribution < -0.4 is 4.74 Å². The summed E-state index contributed by atoms with van der Waals surface area (Å²) in [6.07, 6.45) is 0. The van der Waals surface area contributed by atoms with Gasteiger partial charge in [0.25, 0.3) is 0 Å². The average Bonchev–Trinajstić information content (AvgIpc) is 2.60. The minimum Gasteiger partial charge on any atom is -0.456 e. The van der Waals surface area contributed by atoms with Crippen LogP contribution in [0.3, 0.4) is 0 Å². The fourth-order valence-electron chi connectivity index (χ4n) is 3.64. The lowest BCUT2D eigenvalue weighted by atomic mass is 9.89. The van der Waals surface area contributed by atoms with E-state index in [-0.39, 0.29) is 0 Å². The Morgan fingerprint density at radius 3 is 1.62 bits per heavy atom. The second kappa shape index (κ2) is 4.76. The van der Waals surface area contributed by atoms with E-state index in [0.29, 0.717) is 22.6 Å². The summed E-state index contributed by atoms with van der Waals surface area (Å²) in [5, 5.41) is 15.5. The maximum Gasteiger partial charge on any atom is 0.167 e. The Kier molecular flexibility index (Phi) is 2.76. The molecule has 3 heteroatoms. The van der Waals surface area contributed by atoms with Crippen molar-refractivity contribution in [3.63, 3.8) is 0 Å². The van der Waals surface area contributed by atoms with E-state index in [2.05, 4.69) is 0 Å². The Labute approximate surface area is 144 Å². The zero-order chi connectivity index (χ0) is 16.3. The van der Waals surface area contributed by atoms with Crippen LogP contribution >= 0.6 is 12.6 Å². The van der Waals surface area contributed by atoms with E-state index in [1.165, 1.54) is 0 Å². The van der Waals surface area contributed by atoms with Crippen molar-refractivity contribution in [3.8, 4) is 11.5 Å². The van der Waals surface area contributed by atoms with Gasteiger partial charge in [-0.3, -0.25) is 0 Å². The van der Waals surface area contributed by atoms with Crippen molar-refractivity contribution in [1.82, 2.24) is 0 Å². The molecule has 0 aliphatic carbocycles. The van der Waals surface area contributed by atoms with Crippen molar-refractivity contribution in [1.29, 1.82) is 0 Å². The van der Waals surface area contributed by atoms with Crippen molar-refractivity contribution >= 4 is 34.2 Å². The molecule has 0 atom stereocenters. The molecule has 0 unspecified atom stereocenters. The average molecular weight is 330 g/mol. The van der Waals surface area contributed by atoms with E-state index in [1.54, 1.807) is 0 Å². The predicted octanol–water partition coefficient (Wildman–Crippen LogP) is 5.22. The lowest BCUT2D eigenvalue weighted by Crippen LogP contribution is -2.25. The van der Waals surface area contributed by atoms with Crippen LogP contribution in [0.1, 0.15) is 11.1 Å². The van der Waals surface area contributed by atoms with Crippen LogP contribution in [0, 0.1) is 0 Å². The molecular formula is C21H14O2S. The lowest BCUT2D eigenvalue weighted by molar-refractivity contribution is 0.172. The van der Waals surface area contributed by atoms with Gasteiger partial charge in [0.2, 0.25) is 0 Å². The molecule has 0 amide bonds. The van der Waals surface area contributed by atoms with Gasteiger partial charge in [0.1, 0.15) is 11.5 Å². The molecule has 0 fully saturated rings. The standard InChI is InChI=1S/C21H14O2S/c22-21(24)19-15-7-3-1-5-13(15)9-11-17(19)23-18-12-10-14-6-2-4-8-16(14)20(18)21/h1-12,22,24H. The molecule has 1 heterocycles. The first-order chi connectivity index (χ1) is 11.7. The molecule has 24 heavy (non-hydrogen) atoms. The Morgan fingerprint density at radius 1 is 0.667 bits per heavy atom. The summed E-state index contributed by atoms with van der Waals surface area (Å²) in [7, 11) is 0. The van der Waals surface area contributed by atoms with Crippen molar-refractivity contribution in [3.05, 3.63) is 83.9 Å². The fraction of sp³-hybridized carbons (Fsp3) is 0.0476. The quantitative estimate of drug-likeness (QED) is 0.342. The van der Waals surface area contributed by atoms with Gasteiger partial charge in [-0.15, -0.1) is 12.6 Å². The maximum atomic E-state index is 11.5. The number of fused-ring (bicyclic) bond motifs is 6. The number of benzene rings is 4. The molecule has 1 aliphatic rings. The zero-order valence-electron chi connectivity index (χ0n) is 12.7. The molecule has 0 bridgehead atoms. The third-order valence-electron chi connectivity index (χ3n) is 4.70. The molecule has 4 aromatic rings. The normalized spacial score (nSPS) is 14.9. The fourth-order valence-corrected chi connectivity index (χ4v) is 4.10. The second-order valence-electron chi connectivity index (χ2n) is 6.09.